The Labute approximate surface area is 99.7 Å². The summed E-state index contributed by atoms with van der Waals surface area (Å²) < 4.78 is 0. The third kappa shape index (κ3) is 4.15. The monoisotopic (exact) mass is 249 g/mol. The maximum Gasteiger partial charge on any atom is 0.242 e. The quantitative estimate of drug-likeness (QED) is 0.861. The molecule has 3 N–H and O–H groups in total. The molecule has 0 unspecified atom stereocenters. The van der Waals surface area contributed by atoms with E-state index in [1.807, 2.05) is 0 Å². The number of anilines is 1. The van der Waals surface area contributed by atoms with E-state index in [0.29, 0.717) is 11.0 Å². The number of rotatable bonds is 3. The number of aromatic nitrogens is 1. The molecule has 0 aliphatic carbocycles. The Morgan fingerprint density at radius 1 is 1.53 bits per heavy atom. The van der Waals surface area contributed by atoms with Crippen LogP contribution in [0, 0.1) is 0 Å². The second kappa shape index (κ2) is 6.05. The van der Waals surface area contributed by atoms with E-state index < -0.39 is 6.04 Å². The second-order valence-electron chi connectivity index (χ2n) is 3.50. The highest BCUT2D eigenvalue weighted by molar-refractivity contribution is 7.15. The molecule has 0 aliphatic rings. The van der Waals surface area contributed by atoms with Crippen molar-refractivity contribution in [2.75, 3.05) is 5.32 Å². The number of carbonyl (C=O) groups excluding carboxylic acids is 1. The molecule has 15 heavy (non-hydrogen) atoms. The van der Waals surface area contributed by atoms with Crippen molar-refractivity contribution in [3.8, 4) is 0 Å². The van der Waals surface area contributed by atoms with Crippen molar-refractivity contribution in [1.82, 2.24) is 4.98 Å². The van der Waals surface area contributed by atoms with Gasteiger partial charge in [0.1, 0.15) is 0 Å². The average molecular weight is 250 g/mol. The highest BCUT2D eigenvalue weighted by Gasteiger charge is 2.11. The summed E-state index contributed by atoms with van der Waals surface area (Å²) in [6.45, 7) is 5.82. The zero-order chi connectivity index (χ0) is 10.7. The summed E-state index contributed by atoms with van der Waals surface area (Å²) in [7, 11) is 0. The summed E-state index contributed by atoms with van der Waals surface area (Å²) >= 11 is 1.49. The van der Waals surface area contributed by atoms with E-state index in [4.69, 9.17) is 5.73 Å². The Bertz CT molecular complexity index is 325. The molecule has 0 saturated heterocycles. The maximum atomic E-state index is 11.2. The van der Waals surface area contributed by atoms with Gasteiger partial charge in [-0.15, -0.1) is 23.7 Å². The number of thiazole rings is 1. The Morgan fingerprint density at radius 2 is 2.13 bits per heavy atom. The first kappa shape index (κ1) is 14.3. The van der Waals surface area contributed by atoms with Crippen LogP contribution in [0.3, 0.4) is 0 Å². The highest BCUT2D eigenvalue weighted by Crippen LogP contribution is 2.24. The summed E-state index contributed by atoms with van der Waals surface area (Å²) in [5, 5.41) is 3.28. The Morgan fingerprint density at radius 3 is 2.53 bits per heavy atom. The van der Waals surface area contributed by atoms with E-state index in [0.717, 1.165) is 4.88 Å². The average Bonchev–Trinajstić information content (AvgIpc) is 2.52. The van der Waals surface area contributed by atoms with Crippen LogP contribution >= 0.6 is 23.7 Å². The number of hydrogen-bond donors (Lipinski definition) is 2. The van der Waals surface area contributed by atoms with E-state index >= 15 is 0 Å². The fraction of sp³-hybridized carbons (Fsp3) is 0.556. The molecule has 0 fully saturated rings. The van der Waals surface area contributed by atoms with E-state index in [2.05, 4.69) is 24.1 Å². The molecule has 1 amide bonds. The summed E-state index contributed by atoms with van der Waals surface area (Å²) in [5.74, 6) is 0.239. The molecule has 0 aromatic carbocycles. The number of amides is 1. The molecule has 0 spiro atoms. The van der Waals surface area contributed by atoms with Crippen LogP contribution in [-0.2, 0) is 4.79 Å². The van der Waals surface area contributed by atoms with Crippen molar-refractivity contribution in [2.24, 2.45) is 5.73 Å². The lowest BCUT2D eigenvalue weighted by atomic mass is 10.2. The third-order valence-electron chi connectivity index (χ3n) is 1.74. The number of carbonyl (C=O) groups is 1. The topological polar surface area (TPSA) is 68.0 Å². The van der Waals surface area contributed by atoms with E-state index in [1.54, 1.807) is 13.1 Å². The Kier molecular flexibility index (Phi) is 5.79. The van der Waals surface area contributed by atoms with E-state index in [-0.39, 0.29) is 18.3 Å². The number of hydrogen-bond acceptors (Lipinski definition) is 4. The summed E-state index contributed by atoms with van der Waals surface area (Å²) in [5.41, 5.74) is 5.42. The normalized spacial score (nSPS) is 12.1. The molecule has 86 valence electrons. The standard InChI is InChI=1S/C9H15N3OS.ClH/c1-5(2)7-4-11-9(14-7)12-8(13)6(3)10;/h4-6H,10H2,1-3H3,(H,11,12,13);1H/t6-;/m1./s1. The largest absolute Gasteiger partial charge is 0.320 e. The van der Waals surface area contributed by atoms with Crippen molar-refractivity contribution in [1.29, 1.82) is 0 Å². The first-order chi connectivity index (χ1) is 6.50. The summed E-state index contributed by atoms with van der Waals surface area (Å²) in [6, 6.07) is -0.499. The Hall–Kier alpha value is -0.650. The minimum atomic E-state index is -0.499. The second-order valence-corrected chi connectivity index (χ2v) is 4.56. The fourth-order valence-electron chi connectivity index (χ4n) is 0.831. The number of nitrogens with zero attached hydrogens (tertiary/aromatic N) is 1. The van der Waals surface area contributed by atoms with Crippen LogP contribution in [0.2, 0.25) is 0 Å². The van der Waals surface area contributed by atoms with Crippen molar-refractivity contribution in [3.05, 3.63) is 11.1 Å². The van der Waals surface area contributed by atoms with Crippen molar-refractivity contribution in [2.45, 2.75) is 32.7 Å². The lowest BCUT2D eigenvalue weighted by molar-refractivity contribution is -0.117. The molecule has 1 aromatic rings. The van der Waals surface area contributed by atoms with Crippen molar-refractivity contribution in [3.63, 3.8) is 0 Å². The van der Waals surface area contributed by atoms with Gasteiger partial charge in [-0.25, -0.2) is 4.98 Å². The molecule has 1 heterocycles. The van der Waals surface area contributed by atoms with Gasteiger partial charge >= 0.3 is 0 Å². The fourth-order valence-corrected chi connectivity index (χ4v) is 1.65. The summed E-state index contributed by atoms with van der Waals surface area (Å²) in [4.78, 5) is 16.5. The summed E-state index contributed by atoms with van der Waals surface area (Å²) in [6.07, 6.45) is 1.78. The van der Waals surface area contributed by atoms with Crippen LogP contribution in [0.5, 0.6) is 0 Å². The van der Waals surface area contributed by atoms with Gasteiger partial charge in [0.05, 0.1) is 6.04 Å². The maximum absolute atomic E-state index is 11.2. The molecule has 0 aliphatic heterocycles. The lowest BCUT2D eigenvalue weighted by Gasteiger charge is -2.03. The molecule has 6 heteroatoms. The SMILES string of the molecule is CC(C)c1cnc(NC(=O)[C@@H](C)N)s1.Cl. The van der Waals surface area contributed by atoms with Gasteiger partial charge in [0.2, 0.25) is 5.91 Å². The molecule has 0 bridgehead atoms. The smallest absolute Gasteiger partial charge is 0.242 e. The number of nitrogens with one attached hydrogen (secondary N) is 1. The lowest BCUT2D eigenvalue weighted by Crippen LogP contribution is -2.32. The highest BCUT2D eigenvalue weighted by atomic mass is 35.5. The van der Waals surface area contributed by atoms with Gasteiger partial charge in [0.15, 0.2) is 5.13 Å². The van der Waals surface area contributed by atoms with Gasteiger partial charge in [-0.2, -0.15) is 0 Å². The van der Waals surface area contributed by atoms with Gasteiger partial charge in [-0.05, 0) is 12.8 Å². The van der Waals surface area contributed by atoms with Crippen LogP contribution in [0.25, 0.3) is 0 Å². The van der Waals surface area contributed by atoms with E-state index in [9.17, 15) is 4.79 Å². The van der Waals surface area contributed by atoms with Crippen LogP contribution in [0.4, 0.5) is 5.13 Å². The van der Waals surface area contributed by atoms with Gasteiger partial charge in [-0.1, -0.05) is 13.8 Å². The van der Waals surface area contributed by atoms with Crippen molar-refractivity contribution >= 4 is 34.8 Å². The number of halogens is 1. The van der Waals surface area contributed by atoms with Gasteiger partial charge in [-0.3, -0.25) is 4.79 Å². The molecular weight excluding hydrogens is 234 g/mol. The first-order valence-corrected chi connectivity index (χ1v) is 5.34. The zero-order valence-electron chi connectivity index (χ0n) is 8.98. The molecular formula is C9H16ClN3OS. The van der Waals surface area contributed by atoms with Gasteiger partial charge in [0.25, 0.3) is 0 Å². The van der Waals surface area contributed by atoms with E-state index in [1.165, 1.54) is 11.3 Å². The first-order valence-electron chi connectivity index (χ1n) is 4.53. The van der Waals surface area contributed by atoms with Crippen LogP contribution in [0.1, 0.15) is 31.6 Å². The van der Waals surface area contributed by atoms with Gasteiger partial charge in [0, 0.05) is 11.1 Å². The predicted molar refractivity (Wildman–Crippen MR) is 65.7 cm³/mol. The Balaban J connectivity index is 0.00000196. The van der Waals surface area contributed by atoms with Gasteiger partial charge < -0.3 is 11.1 Å². The third-order valence-corrected chi connectivity index (χ3v) is 2.95. The van der Waals surface area contributed by atoms with Crippen LogP contribution in [0.15, 0.2) is 6.20 Å². The molecule has 0 saturated carbocycles. The van der Waals surface area contributed by atoms with Crippen LogP contribution < -0.4 is 11.1 Å². The molecule has 1 rings (SSSR count). The number of nitrogens with two attached hydrogens (primary N) is 1. The minimum absolute atomic E-state index is 0. The predicted octanol–water partition coefficient (Wildman–Crippen LogP) is 1.97. The zero-order valence-corrected chi connectivity index (χ0v) is 10.6. The molecule has 1 aromatic heterocycles. The molecule has 0 radical (unpaired) electrons. The molecule has 1 atom stereocenters. The molecule has 4 nitrogen and oxygen atoms in total. The minimum Gasteiger partial charge on any atom is -0.320 e. The van der Waals surface area contributed by atoms with Crippen molar-refractivity contribution < 1.29 is 4.79 Å². The van der Waals surface area contributed by atoms with Crippen LogP contribution in [-0.4, -0.2) is 16.9 Å².